The molecule has 2 fully saturated rings. The maximum atomic E-state index is 11.4. The normalized spacial score (nSPS) is 32.1. The summed E-state index contributed by atoms with van der Waals surface area (Å²) in [6.07, 6.45) is 6.70. The maximum absolute atomic E-state index is 11.4. The second-order valence-electron chi connectivity index (χ2n) is 5.82. The minimum atomic E-state index is -2.68. The Balaban J connectivity index is 1.59. The molecule has 5 heteroatoms. The van der Waals surface area contributed by atoms with E-state index in [2.05, 4.69) is 11.2 Å². The van der Waals surface area contributed by atoms with Crippen LogP contribution in [0.4, 0.5) is 0 Å². The zero-order valence-electron chi connectivity index (χ0n) is 11.3. The van der Waals surface area contributed by atoms with Crippen molar-refractivity contribution in [3.8, 4) is 0 Å². The summed E-state index contributed by atoms with van der Waals surface area (Å²) in [7, 11) is -2.68. The van der Waals surface area contributed by atoms with E-state index in [-0.39, 0.29) is 0 Å². The van der Waals surface area contributed by atoms with Gasteiger partial charge in [-0.05, 0) is 62.6 Å². The quantitative estimate of drug-likeness (QED) is 0.749. The van der Waals surface area contributed by atoms with Crippen LogP contribution in [0.2, 0.25) is 0 Å². The lowest BCUT2D eigenvalue weighted by Crippen LogP contribution is -2.23. The lowest BCUT2D eigenvalue weighted by atomic mass is 10.0. The maximum Gasteiger partial charge on any atom is 0.150 e. The molecule has 2 aliphatic rings. The fourth-order valence-electron chi connectivity index (χ4n) is 3.19. The SMILES string of the molecule is CSCC1CCN(CCCC2CCS(=O)(=O)C2)C1. The summed E-state index contributed by atoms with van der Waals surface area (Å²) < 4.78 is 22.7. The van der Waals surface area contributed by atoms with Crippen LogP contribution in [-0.2, 0) is 9.84 Å². The van der Waals surface area contributed by atoms with E-state index in [1.807, 2.05) is 11.8 Å². The Morgan fingerprint density at radius 3 is 2.78 bits per heavy atom. The first-order valence-electron chi connectivity index (χ1n) is 7.01. The smallest absolute Gasteiger partial charge is 0.150 e. The van der Waals surface area contributed by atoms with Crippen molar-refractivity contribution in [2.75, 3.05) is 43.1 Å². The lowest BCUT2D eigenvalue weighted by Gasteiger charge is -2.16. The standard InChI is InChI=1S/C13H25NO2S2/c1-17-10-13-4-7-14(9-13)6-2-3-12-5-8-18(15,16)11-12/h12-13H,2-11H2,1H3. The molecule has 0 radical (unpaired) electrons. The van der Waals surface area contributed by atoms with Crippen molar-refractivity contribution in [1.82, 2.24) is 4.90 Å². The van der Waals surface area contributed by atoms with Gasteiger partial charge < -0.3 is 4.90 Å². The summed E-state index contributed by atoms with van der Waals surface area (Å²) in [5.74, 6) is 3.49. The number of likely N-dealkylation sites (tertiary alicyclic amines) is 1. The highest BCUT2D eigenvalue weighted by atomic mass is 32.2. The third kappa shape index (κ3) is 4.42. The van der Waals surface area contributed by atoms with Gasteiger partial charge >= 0.3 is 0 Å². The van der Waals surface area contributed by atoms with Crippen LogP contribution in [0.5, 0.6) is 0 Å². The van der Waals surface area contributed by atoms with Crippen molar-refractivity contribution in [2.24, 2.45) is 11.8 Å². The number of thioether (sulfide) groups is 1. The van der Waals surface area contributed by atoms with E-state index in [9.17, 15) is 8.42 Å². The predicted molar refractivity (Wildman–Crippen MR) is 78.9 cm³/mol. The van der Waals surface area contributed by atoms with Gasteiger partial charge in [0.15, 0.2) is 9.84 Å². The molecule has 0 aliphatic carbocycles. The Morgan fingerprint density at radius 1 is 1.28 bits per heavy atom. The summed E-state index contributed by atoms with van der Waals surface area (Å²) in [6.45, 7) is 3.67. The fourth-order valence-corrected chi connectivity index (χ4v) is 5.85. The Kier molecular flexibility index (Phi) is 5.39. The van der Waals surface area contributed by atoms with Gasteiger partial charge in [0.25, 0.3) is 0 Å². The zero-order valence-corrected chi connectivity index (χ0v) is 12.9. The molecule has 106 valence electrons. The molecular formula is C13H25NO2S2. The van der Waals surface area contributed by atoms with E-state index < -0.39 is 9.84 Å². The number of hydrogen-bond acceptors (Lipinski definition) is 4. The number of rotatable bonds is 6. The largest absolute Gasteiger partial charge is 0.303 e. The minimum Gasteiger partial charge on any atom is -0.303 e. The van der Waals surface area contributed by atoms with Gasteiger partial charge in [0.05, 0.1) is 11.5 Å². The first-order chi connectivity index (χ1) is 8.59. The lowest BCUT2D eigenvalue weighted by molar-refractivity contribution is 0.310. The molecule has 2 saturated heterocycles. The van der Waals surface area contributed by atoms with E-state index in [0.717, 1.165) is 18.8 Å². The number of sulfone groups is 1. The molecule has 2 heterocycles. The van der Waals surface area contributed by atoms with E-state index in [0.29, 0.717) is 17.4 Å². The molecule has 0 saturated carbocycles. The average Bonchev–Trinajstić information content (AvgIpc) is 2.87. The van der Waals surface area contributed by atoms with Gasteiger partial charge in [0, 0.05) is 6.54 Å². The number of nitrogens with zero attached hydrogens (tertiary/aromatic N) is 1. The topological polar surface area (TPSA) is 37.4 Å². The molecule has 0 bridgehead atoms. The van der Waals surface area contributed by atoms with Crippen molar-refractivity contribution < 1.29 is 8.42 Å². The van der Waals surface area contributed by atoms with E-state index >= 15 is 0 Å². The van der Waals surface area contributed by atoms with Crippen LogP contribution in [0.25, 0.3) is 0 Å². The Hall–Kier alpha value is 0.260. The summed E-state index contributed by atoms with van der Waals surface area (Å²) >= 11 is 1.95. The monoisotopic (exact) mass is 291 g/mol. The summed E-state index contributed by atoms with van der Waals surface area (Å²) in [5.41, 5.74) is 0. The van der Waals surface area contributed by atoms with Gasteiger partial charge in [-0.15, -0.1) is 0 Å². The minimum absolute atomic E-state index is 0.428. The fraction of sp³-hybridized carbons (Fsp3) is 1.00. The Labute approximate surface area is 116 Å². The van der Waals surface area contributed by atoms with Crippen LogP contribution < -0.4 is 0 Å². The highest BCUT2D eigenvalue weighted by Crippen LogP contribution is 2.24. The Morgan fingerprint density at radius 2 is 2.11 bits per heavy atom. The molecule has 0 aromatic rings. The zero-order chi connectivity index (χ0) is 13.0. The Bertz CT molecular complexity index is 356. The van der Waals surface area contributed by atoms with Crippen LogP contribution >= 0.6 is 11.8 Å². The van der Waals surface area contributed by atoms with Crippen molar-refractivity contribution in [3.63, 3.8) is 0 Å². The molecular weight excluding hydrogens is 266 g/mol. The van der Waals surface area contributed by atoms with Gasteiger partial charge in [0.1, 0.15) is 0 Å². The van der Waals surface area contributed by atoms with Crippen LogP contribution in [0.15, 0.2) is 0 Å². The third-order valence-electron chi connectivity index (χ3n) is 4.19. The van der Waals surface area contributed by atoms with Crippen LogP contribution in [0, 0.1) is 11.8 Å². The highest BCUT2D eigenvalue weighted by Gasteiger charge is 2.28. The molecule has 0 N–H and O–H groups in total. The number of hydrogen-bond donors (Lipinski definition) is 0. The molecule has 0 aromatic heterocycles. The van der Waals surface area contributed by atoms with E-state index in [1.54, 1.807) is 0 Å². The molecule has 2 atom stereocenters. The van der Waals surface area contributed by atoms with Crippen molar-refractivity contribution >= 4 is 21.6 Å². The summed E-state index contributed by atoms with van der Waals surface area (Å²) in [6, 6.07) is 0. The molecule has 2 unspecified atom stereocenters. The van der Waals surface area contributed by atoms with E-state index in [4.69, 9.17) is 0 Å². The van der Waals surface area contributed by atoms with Crippen LogP contribution in [0.3, 0.4) is 0 Å². The van der Waals surface area contributed by atoms with Gasteiger partial charge in [-0.25, -0.2) is 8.42 Å². The van der Waals surface area contributed by atoms with Gasteiger partial charge in [-0.2, -0.15) is 11.8 Å². The highest BCUT2D eigenvalue weighted by molar-refractivity contribution is 7.98. The summed E-state index contributed by atoms with van der Waals surface area (Å²) in [5, 5.41) is 0. The second kappa shape index (κ2) is 6.62. The molecule has 3 nitrogen and oxygen atoms in total. The van der Waals surface area contributed by atoms with Crippen LogP contribution in [0.1, 0.15) is 25.7 Å². The van der Waals surface area contributed by atoms with E-state index in [1.165, 1.54) is 38.2 Å². The molecule has 0 amide bonds. The van der Waals surface area contributed by atoms with Gasteiger partial charge in [-0.1, -0.05) is 0 Å². The third-order valence-corrected chi connectivity index (χ3v) is 6.83. The van der Waals surface area contributed by atoms with Crippen molar-refractivity contribution in [2.45, 2.75) is 25.7 Å². The predicted octanol–water partition coefficient (Wildman–Crippen LogP) is 1.89. The molecule has 18 heavy (non-hydrogen) atoms. The van der Waals surface area contributed by atoms with Crippen molar-refractivity contribution in [3.05, 3.63) is 0 Å². The van der Waals surface area contributed by atoms with Gasteiger partial charge in [0.2, 0.25) is 0 Å². The first-order valence-corrected chi connectivity index (χ1v) is 10.2. The van der Waals surface area contributed by atoms with Crippen molar-refractivity contribution in [1.29, 1.82) is 0 Å². The molecule has 2 rings (SSSR count). The average molecular weight is 291 g/mol. The van der Waals surface area contributed by atoms with Crippen LogP contribution in [-0.4, -0.2) is 56.5 Å². The summed E-state index contributed by atoms with van der Waals surface area (Å²) in [4.78, 5) is 2.56. The second-order valence-corrected chi connectivity index (χ2v) is 8.96. The van der Waals surface area contributed by atoms with Gasteiger partial charge in [-0.3, -0.25) is 0 Å². The molecule has 0 aromatic carbocycles. The first kappa shape index (κ1) is 14.7. The molecule has 2 aliphatic heterocycles. The molecule has 0 spiro atoms.